The molecule has 0 aliphatic carbocycles. The molecule has 1 aliphatic heterocycles. The summed E-state index contributed by atoms with van der Waals surface area (Å²) < 4.78 is 32.8. The molecule has 2 rings (SSSR count). The van der Waals surface area contributed by atoms with Crippen LogP contribution in [0.25, 0.3) is 0 Å². The van der Waals surface area contributed by atoms with E-state index >= 15 is 0 Å². The Morgan fingerprint density at radius 2 is 2.04 bits per heavy atom. The molecule has 10 heteroatoms. The third-order valence-electron chi connectivity index (χ3n) is 4.97. The molecule has 158 valence electrons. The highest BCUT2D eigenvalue weighted by Gasteiger charge is 2.41. The first-order chi connectivity index (χ1) is 13.2. The largest absolute Gasteiger partial charge is 0.462 e. The zero-order chi connectivity index (χ0) is 20.9. The van der Waals surface area contributed by atoms with Gasteiger partial charge in [0.1, 0.15) is 5.56 Å². The molecule has 1 aromatic heterocycles. The zero-order valence-corrected chi connectivity index (χ0v) is 17.8. The van der Waals surface area contributed by atoms with E-state index in [1.165, 1.54) is 4.31 Å². The van der Waals surface area contributed by atoms with Gasteiger partial charge in [0.2, 0.25) is 10.9 Å². The summed E-state index contributed by atoms with van der Waals surface area (Å²) in [5, 5.41) is 8.97. The number of hydrogen-bond acceptors (Lipinski definition) is 6. The molecule has 0 saturated carbocycles. The highest BCUT2D eigenvalue weighted by atomic mass is 32.2. The van der Waals surface area contributed by atoms with E-state index in [1.807, 2.05) is 6.92 Å². The smallest absolute Gasteiger partial charge is 0.343 e. The summed E-state index contributed by atoms with van der Waals surface area (Å²) in [6.07, 6.45) is 3.03. The van der Waals surface area contributed by atoms with Crippen LogP contribution in [0.15, 0.2) is 5.03 Å². The van der Waals surface area contributed by atoms with Crippen LogP contribution >= 0.6 is 0 Å². The standard InChI is InChI=1S/C18H30N4O5S/c1-5-7-10-19-16(23)14-9-8-12(3)22(11-14)28(25,26)17-15(13(4)20-21-17)18(24)27-6-2/h12,14H,5-11H2,1-4H3,(H,19,23)(H,20,21)/t12-,14+/m1/s1. The molecule has 1 amide bonds. The number of aryl methyl sites for hydroxylation is 1. The molecule has 0 bridgehead atoms. The van der Waals surface area contributed by atoms with Gasteiger partial charge in [0, 0.05) is 24.8 Å². The van der Waals surface area contributed by atoms with Crippen molar-refractivity contribution in [3.63, 3.8) is 0 Å². The van der Waals surface area contributed by atoms with E-state index in [9.17, 15) is 18.0 Å². The summed E-state index contributed by atoms with van der Waals surface area (Å²) >= 11 is 0. The minimum absolute atomic E-state index is 0.0651. The fourth-order valence-corrected chi connectivity index (χ4v) is 5.14. The highest BCUT2D eigenvalue weighted by molar-refractivity contribution is 7.89. The second-order valence-corrected chi connectivity index (χ2v) is 8.90. The molecule has 2 heterocycles. The van der Waals surface area contributed by atoms with Crippen molar-refractivity contribution in [3.8, 4) is 0 Å². The Balaban J connectivity index is 2.27. The van der Waals surface area contributed by atoms with Crippen LogP contribution in [0.5, 0.6) is 0 Å². The number of esters is 1. The van der Waals surface area contributed by atoms with E-state index in [-0.39, 0.29) is 35.7 Å². The fraction of sp³-hybridized carbons (Fsp3) is 0.722. The lowest BCUT2D eigenvalue weighted by Gasteiger charge is -2.35. The second kappa shape index (κ2) is 9.51. The number of sulfonamides is 1. The number of ether oxygens (including phenoxy) is 1. The van der Waals surface area contributed by atoms with Crippen molar-refractivity contribution < 1.29 is 22.7 Å². The van der Waals surface area contributed by atoms with E-state index < -0.39 is 21.9 Å². The van der Waals surface area contributed by atoms with Gasteiger partial charge >= 0.3 is 5.97 Å². The van der Waals surface area contributed by atoms with E-state index in [0.29, 0.717) is 25.1 Å². The number of piperidine rings is 1. The summed E-state index contributed by atoms with van der Waals surface area (Å²) in [7, 11) is -4.07. The molecule has 1 aliphatic rings. The van der Waals surface area contributed by atoms with Crippen molar-refractivity contribution in [1.82, 2.24) is 19.8 Å². The number of carbonyl (C=O) groups excluding carboxylic acids is 2. The molecule has 0 radical (unpaired) electrons. The summed E-state index contributed by atoms with van der Waals surface area (Å²) in [5.74, 6) is -1.29. The predicted molar refractivity (Wildman–Crippen MR) is 103 cm³/mol. The lowest BCUT2D eigenvalue weighted by Crippen LogP contribution is -2.49. The number of unbranched alkanes of at least 4 members (excludes halogenated alkanes) is 1. The maximum absolute atomic E-state index is 13.3. The summed E-state index contributed by atoms with van der Waals surface area (Å²) in [4.78, 5) is 24.7. The number of nitrogens with one attached hydrogen (secondary N) is 2. The number of rotatable bonds is 8. The highest BCUT2D eigenvalue weighted by Crippen LogP contribution is 2.30. The van der Waals surface area contributed by atoms with Gasteiger partial charge in [-0.3, -0.25) is 9.89 Å². The number of amides is 1. The van der Waals surface area contributed by atoms with E-state index in [2.05, 4.69) is 15.5 Å². The van der Waals surface area contributed by atoms with Crippen molar-refractivity contribution in [3.05, 3.63) is 11.3 Å². The SMILES string of the molecule is CCCCNC(=O)[C@H]1CC[C@@H](C)N(S(=O)(=O)c2n[nH]c(C)c2C(=O)OCC)C1. The number of H-pyrrole nitrogens is 1. The van der Waals surface area contributed by atoms with Crippen molar-refractivity contribution in [2.45, 2.75) is 64.4 Å². The van der Waals surface area contributed by atoms with Crippen molar-refractivity contribution in [2.75, 3.05) is 19.7 Å². The van der Waals surface area contributed by atoms with Crippen LogP contribution < -0.4 is 5.32 Å². The molecule has 9 nitrogen and oxygen atoms in total. The summed E-state index contributed by atoms with van der Waals surface area (Å²) in [5.41, 5.74) is 0.249. The quantitative estimate of drug-likeness (QED) is 0.492. The number of carbonyl (C=O) groups is 2. The van der Waals surface area contributed by atoms with Crippen molar-refractivity contribution >= 4 is 21.9 Å². The van der Waals surface area contributed by atoms with E-state index in [4.69, 9.17) is 4.74 Å². The zero-order valence-electron chi connectivity index (χ0n) is 16.9. The van der Waals surface area contributed by atoms with Gasteiger partial charge in [-0.2, -0.15) is 9.40 Å². The van der Waals surface area contributed by atoms with Gasteiger partial charge in [0.25, 0.3) is 10.0 Å². The van der Waals surface area contributed by atoms with Crippen LogP contribution in [0.4, 0.5) is 0 Å². The molecule has 0 unspecified atom stereocenters. The molecule has 1 fully saturated rings. The number of aromatic amines is 1. The van der Waals surface area contributed by atoms with E-state index in [1.54, 1.807) is 20.8 Å². The lowest BCUT2D eigenvalue weighted by molar-refractivity contribution is -0.126. The van der Waals surface area contributed by atoms with Gasteiger partial charge < -0.3 is 10.1 Å². The first-order valence-electron chi connectivity index (χ1n) is 9.75. The Kier molecular flexibility index (Phi) is 7.59. The lowest BCUT2D eigenvalue weighted by atomic mass is 9.94. The normalized spacial score (nSPS) is 20.7. The van der Waals surface area contributed by atoms with Crippen LogP contribution in [0, 0.1) is 12.8 Å². The van der Waals surface area contributed by atoms with E-state index in [0.717, 1.165) is 12.8 Å². The molecule has 0 spiro atoms. The first kappa shape index (κ1) is 22.4. The molecule has 2 N–H and O–H groups in total. The molecule has 1 saturated heterocycles. The first-order valence-corrected chi connectivity index (χ1v) is 11.2. The topological polar surface area (TPSA) is 121 Å². The Hall–Kier alpha value is -1.94. The van der Waals surface area contributed by atoms with Crippen LogP contribution in [-0.4, -0.2) is 60.5 Å². The van der Waals surface area contributed by atoms with Crippen LogP contribution in [-0.2, 0) is 19.6 Å². The predicted octanol–water partition coefficient (Wildman–Crippen LogP) is 1.60. The molecular weight excluding hydrogens is 384 g/mol. The number of aromatic nitrogens is 2. The molecular formula is C18H30N4O5S. The monoisotopic (exact) mass is 414 g/mol. The molecule has 1 aromatic rings. The molecule has 28 heavy (non-hydrogen) atoms. The average molecular weight is 415 g/mol. The number of nitrogens with zero attached hydrogens (tertiary/aromatic N) is 2. The Labute approximate surface area is 166 Å². The average Bonchev–Trinajstić information content (AvgIpc) is 3.04. The molecule has 2 atom stereocenters. The molecule has 0 aromatic carbocycles. The third kappa shape index (κ3) is 4.72. The Morgan fingerprint density at radius 1 is 1.32 bits per heavy atom. The number of hydrogen-bond donors (Lipinski definition) is 2. The van der Waals surface area contributed by atoms with Crippen LogP contribution in [0.2, 0.25) is 0 Å². The van der Waals surface area contributed by atoms with Gasteiger partial charge in [0.15, 0.2) is 0 Å². The Bertz CT molecular complexity index is 805. The van der Waals surface area contributed by atoms with Gasteiger partial charge in [-0.25, -0.2) is 13.2 Å². The van der Waals surface area contributed by atoms with Crippen LogP contribution in [0.3, 0.4) is 0 Å². The van der Waals surface area contributed by atoms with Crippen molar-refractivity contribution in [1.29, 1.82) is 0 Å². The minimum Gasteiger partial charge on any atom is -0.462 e. The third-order valence-corrected chi connectivity index (χ3v) is 6.88. The summed E-state index contributed by atoms with van der Waals surface area (Å²) in [6.45, 7) is 7.83. The second-order valence-electron chi connectivity index (χ2n) is 7.09. The van der Waals surface area contributed by atoms with Crippen molar-refractivity contribution in [2.24, 2.45) is 5.92 Å². The maximum atomic E-state index is 13.3. The summed E-state index contributed by atoms with van der Waals surface area (Å²) in [6, 6.07) is -0.295. The fourth-order valence-electron chi connectivity index (χ4n) is 3.30. The van der Waals surface area contributed by atoms with Crippen LogP contribution in [0.1, 0.15) is 62.5 Å². The van der Waals surface area contributed by atoms with Gasteiger partial charge in [-0.05, 0) is 40.0 Å². The Morgan fingerprint density at radius 3 is 2.68 bits per heavy atom. The van der Waals surface area contributed by atoms with Gasteiger partial charge in [0.05, 0.1) is 12.5 Å². The minimum atomic E-state index is -4.07. The van der Waals surface area contributed by atoms with Gasteiger partial charge in [-0.1, -0.05) is 13.3 Å². The maximum Gasteiger partial charge on any atom is 0.343 e. The van der Waals surface area contributed by atoms with Gasteiger partial charge in [-0.15, -0.1) is 0 Å².